The van der Waals surface area contributed by atoms with Crippen LogP contribution in [-0.2, 0) is 0 Å². The number of aromatic hydroxyl groups is 4. The monoisotopic (exact) mass is 300 g/mol. The fourth-order valence-electron chi connectivity index (χ4n) is 2.29. The largest absolute Gasteiger partial charge is 0.508 e. The molecule has 6 nitrogen and oxygen atoms in total. The number of hydrogen-bond donors (Lipinski definition) is 4. The van der Waals surface area contributed by atoms with E-state index in [2.05, 4.69) is 0 Å². The van der Waals surface area contributed by atoms with Gasteiger partial charge in [0.25, 0.3) is 0 Å². The number of fused-ring (bicyclic) bond motifs is 1. The van der Waals surface area contributed by atoms with Crippen LogP contribution in [0.15, 0.2) is 39.7 Å². The van der Waals surface area contributed by atoms with E-state index in [9.17, 15) is 25.2 Å². The van der Waals surface area contributed by atoms with Crippen molar-refractivity contribution in [3.8, 4) is 34.1 Å². The zero-order chi connectivity index (χ0) is 16.0. The highest BCUT2D eigenvalue weighted by atomic mass is 16.3. The number of rotatable bonds is 1. The molecule has 0 unspecified atom stereocenters. The lowest BCUT2D eigenvalue weighted by Gasteiger charge is -2.08. The molecule has 4 N–H and O–H groups in total. The first-order valence-electron chi connectivity index (χ1n) is 6.39. The molecule has 0 atom stereocenters. The summed E-state index contributed by atoms with van der Waals surface area (Å²) in [5.74, 6) is -0.992. The molecule has 6 heteroatoms. The zero-order valence-electron chi connectivity index (χ0n) is 11.5. The highest BCUT2D eigenvalue weighted by molar-refractivity contribution is 5.90. The Balaban J connectivity index is 2.38. The number of hydrogen-bond acceptors (Lipinski definition) is 6. The van der Waals surface area contributed by atoms with Gasteiger partial charge in [-0.3, -0.25) is 4.79 Å². The van der Waals surface area contributed by atoms with E-state index >= 15 is 0 Å². The minimum absolute atomic E-state index is 0.0328. The van der Waals surface area contributed by atoms with Crippen molar-refractivity contribution in [2.75, 3.05) is 0 Å². The SMILES string of the molecule is Cc1c(O)cc2occ(-c3ccc(O)cc3O)c(=O)c2c1O. The van der Waals surface area contributed by atoms with Crippen LogP contribution in [-0.4, -0.2) is 20.4 Å². The molecule has 0 aliphatic carbocycles. The van der Waals surface area contributed by atoms with Crippen LogP contribution < -0.4 is 5.43 Å². The molecule has 0 fully saturated rings. The third-order valence-corrected chi connectivity index (χ3v) is 3.54. The molecule has 1 aromatic heterocycles. The molecule has 0 spiro atoms. The fraction of sp³-hybridized carbons (Fsp3) is 0.0625. The van der Waals surface area contributed by atoms with Crippen LogP contribution in [0.25, 0.3) is 22.1 Å². The van der Waals surface area contributed by atoms with E-state index in [1.807, 2.05) is 0 Å². The summed E-state index contributed by atoms with van der Waals surface area (Å²) in [7, 11) is 0. The van der Waals surface area contributed by atoms with Crippen LogP contribution in [0.3, 0.4) is 0 Å². The maximum Gasteiger partial charge on any atom is 0.204 e. The molecule has 1 heterocycles. The van der Waals surface area contributed by atoms with E-state index in [1.54, 1.807) is 0 Å². The molecule has 0 amide bonds. The molecule has 0 bridgehead atoms. The fourth-order valence-corrected chi connectivity index (χ4v) is 2.29. The molecule has 3 rings (SSSR count). The Kier molecular flexibility index (Phi) is 2.95. The standard InChI is InChI=1S/C16H12O6/c1-7-11(18)5-13-14(15(7)20)16(21)10(6-22-13)9-3-2-8(17)4-12(9)19/h2-6,17-20H,1H3. The average Bonchev–Trinajstić information content (AvgIpc) is 2.46. The summed E-state index contributed by atoms with van der Waals surface area (Å²) < 4.78 is 5.29. The Hall–Kier alpha value is -3.15. The minimum Gasteiger partial charge on any atom is -0.508 e. The van der Waals surface area contributed by atoms with Gasteiger partial charge in [-0.1, -0.05) is 0 Å². The maximum absolute atomic E-state index is 12.6. The third-order valence-electron chi connectivity index (χ3n) is 3.54. The highest BCUT2D eigenvalue weighted by Crippen LogP contribution is 2.36. The second kappa shape index (κ2) is 4.70. The summed E-state index contributed by atoms with van der Waals surface area (Å²) in [5.41, 5.74) is -0.161. The molecule has 3 aromatic rings. The van der Waals surface area contributed by atoms with Crippen LogP contribution >= 0.6 is 0 Å². The maximum atomic E-state index is 12.6. The highest BCUT2D eigenvalue weighted by Gasteiger charge is 2.18. The molecular weight excluding hydrogens is 288 g/mol. The number of phenolic OH excluding ortho intramolecular Hbond substituents is 4. The first-order valence-corrected chi connectivity index (χ1v) is 6.39. The van der Waals surface area contributed by atoms with Gasteiger partial charge in [-0.2, -0.15) is 0 Å². The van der Waals surface area contributed by atoms with Crippen LogP contribution in [0.4, 0.5) is 0 Å². The van der Waals surface area contributed by atoms with Crippen LogP contribution in [0.2, 0.25) is 0 Å². The van der Waals surface area contributed by atoms with Crippen molar-refractivity contribution in [3.63, 3.8) is 0 Å². The average molecular weight is 300 g/mol. The second-order valence-electron chi connectivity index (χ2n) is 4.92. The van der Waals surface area contributed by atoms with Crippen molar-refractivity contribution in [2.24, 2.45) is 0 Å². The van der Waals surface area contributed by atoms with Crippen LogP contribution in [0.5, 0.6) is 23.0 Å². The van der Waals surface area contributed by atoms with Crippen LogP contribution in [0, 0.1) is 6.92 Å². The molecule has 2 aromatic carbocycles. The first-order chi connectivity index (χ1) is 10.4. The van der Waals surface area contributed by atoms with Crippen molar-refractivity contribution in [3.05, 3.63) is 46.3 Å². The number of benzene rings is 2. The van der Waals surface area contributed by atoms with Gasteiger partial charge in [0.15, 0.2) is 0 Å². The third kappa shape index (κ3) is 1.93. The summed E-state index contributed by atoms with van der Waals surface area (Å²) in [6.07, 6.45) is 1.13. The molecule has 0 aliphatic rings. The summed E-state index contributed by atoms with van der Waals surface area (Å²) in [6, 6.07) is 5.03. The lowest BCUT2D eigenvalue weighted by Crippen LogP contribution is -2.05. The van der Waals surface area contributed by atoms with Gasteiger partial charge in [0.2, 0.25) is 5.43 Å². The smallest absolute Gasteiger partial charge is 0.204 e. The molecular formula is C16H12O6. The Bertz CT molecular complexity index is 955. The normalized spacial score (nSPS) is 11.0. The van der Waals surface area contributed by atoms with Crippen molar-refractivity contribution in [1.29, 1.82) is 0 Å². The second-order valence-corrected chi connectivity index (χ2v) is 4.92. The van der Waals surface area contributed by atoms with Crippen LogP contribution in [0.1, 0.15) is 5.56 Å². The molecule has 0 aliphatic heterocycles. The van der Waals surface area contributed by atoms with Gasteiger partial charge in [0.1, 0.15) is 40.2 Å². The van der Waals surface area contributed by atoms with E-state index < -0.39 is 5.43 Å². The van der Waals surface area contributed by atoms with Crippen molar-refractivity contribution < 1.29 is 24.8 Å². The van der Waals surface area contributed by atoms with E-state index in [-0.39, 0.29) is 50.7 Å². The Morgan fingerprint density at radius 2 is 1.68 bits per heavy atom. The van der Waals surface area contributed by atoms with Gasteiger partial charge in [0, 0.05) is 23.3 Å². The minimum atomic E-state index is -0.553. The van der Waals surface area contributed by atoms with Gasteiger partial charge in [-0.05, 0) is 19.1 Å². The lowest BCUT2D eigenvalue weighted by molar-refractivity contribution is 0.444. The van der Waals surface area contributed by atoms with Crippen molar-refractivity contribution >= 4 is 11.0 Å². The van der Waals surface area contributed by atoms with E-state index in [0.717, 1.165) is 12.3 Å². The quantitative estimate of drug-likeness (QED) is 0.549. The Morgan fingerprint density at radius 1 is 0.955 bits per heavy atom. The lowest BCUT2D eigenvalue weighted by atomic mass is 10.0. The van der Waals surface area contributed by atoms with Crippen molar-refractivity contribution in [1.82, 2.24) is 0 Å². The molecule has 22 heavy (non-hydrogen) atoms. The topological polar surface area (TPSA) is 111 Å². The van der Waals surface area contributed by atoms with Gasteiger partial charge in [0.05, 0.1) is 5.56 Å². The van der Waals surface area contributed by atoms with Gasteiger partial charge in [-0.25, -0.2) is 0 Å². The molecule has 0 radical (unpaired) electrons. The molecule has 0 saturated heterocycles. The zero-order valence-corrected chi connectivity index (χ0v) is 11.5. The van der Waals surface area contributed by atoms with Gasteiger partial charge >= 0.3 is 0 Å². The summed E-state index contributed by atoms with van der Waals surface area (Å²) >= 11 is 0. The molecule has 0 saturated carbocycles. The predicted molar refractivity (Wildman–Crippen MR) is 79.3 cm³/mol. The van der Waals surface area contributed by atoms with E-state index in [4.69, 9.17) is 4.42 Å². The van der Waals surface area contributed by atoms with E-state index in [1.165, 1.54) is 25.1 Å². The number of phenols is 4. The molecule has 112 valence electrons. The van der Waals surface area contributed by atoms with Crippen molar-refractivity contribution in [2.45, 2.75) is 6.92 Å². The Morgan fingerprint density at radius 3 is 2.36 bits per heavy atom. The van der Waals surface area contributed by atoms with Gasteiger partial charge < -0.3 is 24.8 Å². The van der Waals surface area contributed by atoms with Gasteiger partial charge in [-0.15, -0.1) is 0 Å². The summed E-state index contributed by atoms with van der Waals surface area (Å²) in [6.45, 7) is 1.47. The Labute approximate surface area is 124 Å². The predicted octanol–water partition coefficient (Wildman–Crippen LogP) is 2.59. The summed E-state index contributed by atoms with van der Waals surface area (Å²) in [4.78, 5) is 12.6. The first kappa shape index (κ1) is 13.8. The summed E-state index contributed by atoms with van der Waals surface area (Å²) in [5, 5.41) is 38.8. The van der Waals surface area contributed by atoms with E-state index in [0.29, 0.717) is 0 Å².